The number of esters is 2. The van der Waals surface area contributed by atoms with Crippen molar-refractivity contribution >= 4 is 18.0 Å². The van der Waals surface area contributed by atoms with E-state index >= 15 is 0 Å². The average Bonchev–Trinajstić information content (AvgIpc) is 2.43. The second-order valence-electron chi connectivity index (χ2n) is 3.98. The maximum Gasteiger partial charge on any atom is 0.358 e. The van der Waals surface area contributed by atoms with Gasteiger partial charge in [-0.1, -0.05) is 30.3 Å². The number of hydrogen-bond donors (Lipinski definition) is 0. The second-order valence-corrected chi connectivity index (χ2v) is 3.98. The number of rotatable bonds is 6. The van der Waals surface area contributed by atoms with Crippen molar-refractivity contribution in [1.29, 1.82) is 0 Å². The first-order chi connectivity index (χ1) is 9.95. The van der Waals surface area contributed by atoms with Gasteiger partial charge in [-0.15, -0.1) is 0 Å². The molecule has 0 heterocycles. The highest BCUT2D eigenvalue weighted by atomic mass is 16.6. The summed E-state index contributed by atoms with van der Waals surface area (Å²) in [5.74, 6) is -1.79. The lowest BCUT2D eigenvalue weighted by atomic mass is 10.1. The molecule has 0 aliphatic rings. The van der Waals surface area contributed by atoms with E-state index in [2.05, 4.69) is 0 Å². The quantitative estimate of drug-likeness (QED) is 0.451. The van der Waals surface area contributed by atoms with Crippen molar-refractivity contribution in [2.45, 2.75) is 20.0 Å². The van der Waals surface area contributed by atoms with Gasteiger partial charge in [-0.05, 0) is 12.5 Å². The Morgan fingerprint density at radius 3 is 2.43 bits per heavy atom. The molecule has 1 atom stereocenters. The van der Waals surface area contributed by atoms with Gasteiger partial charge in [-0.2, -0.15) is 0 Å². The molecule has 7 nitrogen and oxygen atoms in total. The van der Waals surface area contributed by atoms with Gasteiger partial charge in [-0.25, -0.2) is 4.79 Å². The summed E-state index contributed by atoms with van der Waals surface area (Å²) in [6.07, 6.45) is -0.525. The van der Waals surface area contributed by atoms with Gasteiger partial charge in [0, 0.05) is 13.0 Å². The fourth-order valence-corrected chi connectivity index (χ4v) is 1.56. The summed E-state index contributed by atoms with van der Waals surface area (Å²) < 4.78 is 9.45. The Labute approximate surface area is 121 Å². The third-order valence-electron chi connectivity index (χ3n) is 2.38. The van der Waals surface area contributed by atoms with E-state index in [0.717, 1.165) is 6.92 Å². The Bertz CT molecular complexity index is 552. The van der Waals surface area contributed by atoms with Crippen LogP contribution in [-0.4, -0.2) is 29.6 Å². The molecule has 0 aliphatic heterocycles. The minimum absolute atomic E-state index is 0.0208. The molecule has 0 aliphatic carbocycles. The van der Waals surface area contributed by atoms with Crippen molar-refractivity contribution in [3.63, 3.8) is 0 Å². The fraction of sp³-hybridized carbons (Fsp3) is 0.286. The molecule has 0 fully saturated rings. The molecule has 1 aromatic carbocycles. The van der Waals surface area contributed by atoms with E-state index in [1.54, 1.807) is 37.3 Å². The maximum absolute atomic E-state index is 11.8. The van der Waals surface area contributed by atoms with Gasteiger partial charge in [0.25, 0.3) is 11.8 Å². The summed E-state index contributed by atoms with van der Waals surface area (Å²) in [4.78, 5) is 33.2. The Hall–Kier alpha value is -2.70. The van der Waals surface area contributed by atoms with Crippen molar-refractivity contribution < 1.29 is 24.0 Å². The van der Waals surface area contributed by atoms with Crippen LogP contribution >= 0.6 is 0 Å². The topological polar surface area (TPSA) is 95.7 Å². The number of nitrogens with zero attached hydrogens (tertiary/aromatic N) is 1. The van der Waals surface area contributed by atoms with Crippen molar-refractivity contribution in [2.24, 2.45) is 0 Å². The molecule has 1 aromatic rings. The summed E-state index contributed by atoms with van der Waals surface area (Å²) >= 11 is 0. The van der Waals surface area contributed by atoms with Crippen LogP contribution in [0.4, 0.5) is 0 Å². The van der Waals surface area contributed by atoms with E-state index < -0.39 is 28.7 Å². The van der Waals surface area contributed by atoms with Gasteiger partial charge in [0.2, 0.25) is 0 Å². The molecule has 0 bridgehead atoms. The maximum atomic E-state index is 11.8. The zero-order chi connectivity index (χ0) is 15.8. The van der Waals surface area contributed by atoms with Crippen molar-refractivity contribution in [3.8, 4) is 0 Å². The molecule has 0 saturated heterocycles. The highest BCUT2D eigenvalue weighted by Crippen LogP contribution is 2.15. The zero-order valence-electron chi connectivity index (χ0n) is 11.6. The summed E-state index contributed by atoms with van der Waals surface area (Å²) in [6.45, 7) is 2.63. The molecule has 0 radical (unpaired) electrons. The smallest absolute Gasteiger partial charge is 0.358 e. The van der Waals surface area contributed by atoms with E-state index in [-0.39, 0.29) is 6.61 Å². The first-order valence-corrected chi connectivity index (χ1v) is 6.20. The Morgan fingerprint density at radius 1 is 1.33 bits per heavy atom. The van der Waals surface area contributed by atoms with E-state index in [1.165, 1.54) is 6.08 Å². The minimum atomic E-state index is -1.70. The molecule has 1 unspecified atom stereocenters. The van der Waals surface area contributed by atoms with Crippen molar-refractivity contribution in [3.05, 3.63) is 51.7 Å². The Balaban J connectivity index is 3.19. The predicted molar refractivity (Wildman–Crippen MR) is 73.6 cm³/mol. The standard InChI is InChI=1S/C14H15NO6/c1-3-20-14(17)13(21-10(2)16)12(15(18)19)9-11-7-5-4-6-8-11/h4-9,13H,3H2,1-2H3/b12-9-. The van der Waals surface area contributed by atoms with Gasteiger partial charge in [0.05, 0.1) is 11.5 Å². The highest BCUT2D eigenvalue weighted by molar-refractivity contribution is 5.82. The number of benzene rings is 1. The zero-order valence-corrected chi connectivity index (χ0v) is 11.6. The van der Waals surface area contributed by atoms with Gasteiger partial charge < -0.3 is 9.47 Å². The molecule has 112 valence electrons. The summed E-state index contributed by atoms with van der Waals surface area (Å²) in [5.41, 5.74) is -0.0551. The van der Waals surface area contributed by atoms with Crippen LogP contribution in [0.15, 0.2) is 36.0 Å². The SMILES string of the molecule is CCOC(=O)C(OC(C)=O)/C(=C/c1ccccc1)[N+](=O)[O-]. The van der Waals surface area contributed by atoms with Gasteiger partial charge in [-0.3, -0.25) is 14.9 Å². The third kappa shape index (κ3) is 5.06. The monoisotopic (exact) mass is 293 g/mol. The van der Waals surface area contributed by atoms with Crippen LogP contribution in [-0.2, 0) is 19.1 Å². The van der Waals surface area contributed by atoms with Crippen LogP contribution in [0.5, 0.6) is 0 Å². The molecule has 0 spiro atoms. The summed E-state index contributed by atoms with van der Waals surface area (Å²) in [6, 6.07) is 8.38. The van der Waals surface area contributed by atoms with Crippen LogP contribution in [0.25, 0.3) is 6.08 Å². The first-order valence-electron chi connectivity index (χ1n) is 6.20. The number of carbonyl (C=O) groups excluding carboxylic acids is 2. The average molecular weight is 293 g/mol. The molecule has 21 heavy (non-hydrogen) atoms. The van der Waals surface area contributed by atoms with Gasteiger partial charge >= 0.3 is 11.9 Å². The van der Waals surface area contributed by atoms with Crippen molar-refractivity contribution in [2.75, 3.05) is 6.61 Å². The van der Waals surface area contributed by atoms with Crippen LogP contribution < -0.4 is 0 Å². The molecule has 1 rings (SSSR count). The fourth-order valence-electron chi connectivity index (χ4n) is 1.56. The third-order valence-corrected chi connectivity index (χ3v) is 2.38. The van der Waals surface area contributed by atoms with E-state index in [9.17, 15) is 19.7 Å². The van der Waals surface area contributed by atoms with E-state index in [4.69, 9.17) is 9.47 Å². The Kier molecular flexibility index (Phi) is 6.06. The van der Waals surface area contributed by atoms with Gasteiger partial charge in [0.15, 0.2) is 0 Å². The normalized spacial score (nSPS) is 12.4. The first kappa shape index (κ1) is 16.4. The molecule has 0 aromatic heterocycles. The van der Waals surface area contributed by atoms with Gasteiger partial charge in [0.1, 0.15) is 0 Å². The molecular weight excluding hydrogens is 278 g/mol. The van der Waals surface area contributed by atoms with Crippen LogP contribution in [0.1, 0.15) is 19.4 Å². The lowest BCUT2D eigenvalue weighted by Gasteiger charge is -2.13. The van der Waals surface area contributed by atoms with E-state index in [0.29, 0.717) is 5.56 Å². The number of nitro groups is 1. The lowest BCUT2D eigenvalue weighted by molar-refractivity contribution is -0.432. The number of carbonyl (C=O) groups is 2. The minimum Gasteiger partial charge on any atom is -0.463 e. The summed E-state index contributed by atoms with van der Waals surface area (Å²) in [5, 5.41) is 11.2. The van der Waals surface area contributed by atoms with Crippen LogP contribution in [0.3, 0.4) is 0 Å². The van der Waals surface area contributed by atoms with E-state index in [1.807, 2.05) is 0 Å². The summed E-state index contributed by atoms with van der Waals surface area (Å²) in [7, 11) is 0. The molecule has 0 amide bonds. The molecular formula is C14H15NO6. The molecule has 7 heteroatoms. The number of hydrogen-bond acceptors (Lipinski definition) is 6. The molecule has 0 saturated carbocycles. The highest BCUT2D eigenvalue weighted by Gasteiger charge is 2.36. The lowest BCUT2D eigenvalue weighted by Crippen LogP contribution is -2.33. The van der Waals surface area contributed by atoms with Crippen LogP contribution in [0, 0.1) is 10.1 Å². The Morgan fingerprint density at radius 2 is 1.95 bits per heavy atom. The largest absolute Gasteiger partial charge is 0.463 e. The molecule has 0 N–H and O–H groups in total. The second kappa shape index (κ2) is 7.78. The predicted octanol–water partition coefficient (Wildman–Crippen LogP) is 1.80. The van der Waals surface area contributed by atoms with Crippen molar-refractivity contribution in [1.82, 2.24) is 0 Å². The number of ether oxygens (including phenoxy) is 2. The van der Waals surface area contributed by atoms with Crippen LogP contribution in [0.2, 0.25) is 0 Å².